The summed E-state index contributed by atoms with van der Waals surface area (Å²) in [7, 11) is 0. The summed E-state index contributed by atoms with van der Waals surface area (Å²) in [5, 5.41) is 1.14. The van der Waals surface area contributed by atoms with Crippen LogP contribution in [0.15, 0.2) is 18.2 Å². The Morgan fingerprint density at radius 1 is 1.08 bits per heavy atom. The normalized spacial score (nSPS) is 34.4. The third kappa shape index (κ3) is 1.98. The fourth-order valence-corrected chi connectivity index (χ4v) is 6.55. The molecular weight excluding hydrogens is 294 g/mol. The van der Waals surface area contributed by atoms with E-state index < -0.39 is 0 Å². The van der Waals surface area contributed by atoms with E-state index in [9.17, 15) is 4.79 Å². The summed E-state index contributed by atoms with van der Waals surface area (Å²) in [5.74, 6) is 3.18. The van der Waals surface area contributed by atoms with Crippen LogP contribution in [-0.2, 0) is 5.41 Å². The van der Waals surface area contributed by atoms with Gasteiger partial charge in [-0.15, -0.1) is 0 Å². The Kier molecular flexibility index (Phi) is 3.05. The molecule has 0 spiro atoms. The average molecular weight is 321 g/mol. The molecule has 6 rings (SSSR count). The molecule has 24 heavy (non-hydrogen) atoms. The summed E-state index contributed by atoms with van der Waals surface area (Å²) in [5.41, 5.74) is 4.94. The minimum atomic E-state index is 0.252. The van der Waals surface area contributed by atoms with Gasteiger partial charge < -0.3 is 4.98 Å². The second-order valence-electron chi connectivity index (χ2n) is 9.19. The van der Waals surface area contributed by atoms with E-state index in [1.807, 2.05) is 0 Å². The van der Waals surface area contributed by atoms with E-state index >= 15 is 0 Å². The van der Waals surface area contributed by atoms with Gasteiger partial charge in [-0.25, -0.2) is 0 Å². The van der Waals surface area contributed by atoms with E-state index in [0.717, 1.165) is 40.5 Å². The molecular formula is C22H27NO. The molecule has 1 N–H and O–H groups in total. The fourth-order valence-electron chi connectivity index (χ4n) is 6.55. The summed E-state index contributed by atoms with van der Waals surface area (Å²) in [6, 6.07) is 6.63. The third-order valence-electron chi connectivity index (χ3n) is 7.22. The predicted octanol–water partition coefficient (Wildman–Crippen LogP) is 5.57. The number of fused-ring (bicyclic) bond motifs is 1. The molecule has 4 bridgehead atoms. The van der Waals surface area contributed by atoms with Gasteiger partial charge >= 0.3 is 0 Å². The SMILES string of the molecule is CC(C)c1ccc2[nH]c(C34CC5CC(CC(C5)C3)C4)c(C=O)c2c1. The fraction of sp³-hybridized carbons (Fsp3) is 0.591. The van der Waals surface area contributed by atoms with E-state index in [4.69, 9.17) is 0 Å². The molecule has 4 saturated carbocycles. The van der Waals surface area contributed by atoms with Crippen molar-refractivity contribution in [2.75, 3.05) is 0 Å². The van der Waals surface area contributed by atoms with E-state index in [1.54, 1.807) is 0 Å². The van der Waals surface area contributed by atoms with E-state index in [0.29, 0.717) is 5.92 Å². The highest BCUT2D eigenvalue weighted by atomic mass is 16.1. The highest BCUT2D eigenvalue weighted by Gasteiger charge is 2.53. The summed E-state index contributed by atoms with van der Waals surface area (Å²) < 4.78 is 0. The van der Waals surface area contributed by atoms with Gasteiger partial charge in [0.25, 0.3) is 0 Å². The zero-order valence-electron chi connectivity index (χ0n) is 14.8. The van der Waals surface area contributed by atoms with E-state index in [2.05, 4.69) is 37.0 Å². The lowest BCUT2D eigenvalue weighted by Gasteiger charge is -2.56. The first-order valence-electron chi connectivity index (χ1n) is 9.69. The lowest BCUT2D eigenvalue weighted by molar-refractivity contribution is -0.00710. The van der Waals surface area contributed by atoms with E-state index in [-0.39, 0.29) is 5.41 Å². The maximum atomic E-state index is 12.1. The Labute approximate surface area is 144 Å². The summed E-state index contributed by atoms with van der Waals surface area (Å²) in [6.45, 7) is 4.43. The van der Waals surface area contributed by atoms with Crippen LogP contribution in [0, 0.1) is 17.8 Å². The number of H-pyrrole nitrogens is 1. The average Bonchev–Trinajstić information content (AvgIpc) is 2.92. The molecule has 1 heterocycles. The van der Waals surface area contributed by atoms with Crippen LogP contribution in [-0.4, -0.2) is 11.3 Å². The summed E-state index contributed by atoms with van der Waals surface area (Å²) >= 11 is 0. The number of rotatable bonds is 3. The van der Waals surface area contributed by atoms with Crippen molar-refractivity contribution in [1.29, 1.82) is 0 Å². The quantitative estimate of drug-likeness (QED) is 0.736. The van der Waals surface area contributed by atoms with Gasteiger partial charge in [0, 0.05) is 27.6 Å². The highest BCUT2D eigenvalue weighted by Crippen LogP contribution is 2.61. The Morgan fingerprint density at radius 3 is 2.25 bits per heavy atom. The molecule has 1 aromatic heterocycles. The maximum Gasteiger partial charge on any atom is 0.152 e. The van der Waals surface area contributed by atoms with Crippen molar-refractivity contribution >= 4 is 17.2 Å². The van der Waals surface area contributed by atoms with Crippen LogP contribution >= 0.6 is 0 Å². The number of carbonyl (C=O) groups is 1. The molecule has 0 atom stereocenters. The standard InChI is InChI=1S/C22H27NO/c1-13(2)17-3-4-20-18(8-17)19(12-24)21(23-20)22-9-14-5-15(10-22)7-16(6-14)11-22/h3-4,8,12-16,23H,5-7,9-11H2,1-2H3. The van der Waals surface area contributed by atoms with Crippen molar-refractivity contribution in [3.63, 3.8) is 0 Å². The van der Waals surface area contributed by atoms with Gasteiger partial charge in [0.1, 0.15) is 0 Å². The first kappa shape index (κ1) is 14.7. The number of aldehydes is 1. The van der Waals surface area contributed by atoms with Crippen LogP contribution < -0.4 is 0 Å². The first-order chi connectivity index (χ1) is 11.6. The van der Waals surface area contributed by atoms with Crippen molar-refractivity contribution in [1.82, 2.24) is 4.98 Å². The van der Waals surface area contributed by atoms with Crippen LogP contribution in [0.1, 0.15) is 79.9 Å². The van der Waals surface area contributed by atoms with E-state index in [1.165, 1.54) is 49.8 Å². The number of benzene rings is 1. The molecule has 0 amide bonds. The number of aromatic amines is 1. The van der Waals surface area contributed by atoms with Crippen LogP contribution in [0.25, 0.3) is 10.9 Å². The second-order valence-corrected chi connectivity index (χ2v) is 9.19. The zero-order chi connectivity index (χ0) is 16.5. The zero-order valence-corrected chi connectivity index (χ0v) is 14.8. The van der Waals surface area contributed by atoms with Gasteiger partial charge in [-0.2, -0.15) is 0 Å². The van der Waals surface area contributed by atoms with Gasteiger partial charge in [0.2, 0.25) is 0 Å². The van der Waals surface area contributed by atoms with Crippen molar-refractivity contribution in [3.05, 3.63) is 35.0 Å². The Bertz CT molecular complexity index is 777. The van der Waals surface area contributed by atoms with Gasteiger partial charge in [0.05, 0.1) is 0 Å². The maximum absolute atomic E-state index is 12.1. The van der Waals surface area contributed by atoms with Gasteiger partial charge in [-0.1, -0.05) is 19.9 Å². The summed E-state index contributed by atoms with van der Waals surface area (Å²) in [4.78, 5) is 15.8. The Balaban J connectivity index is 1.68. The second kappa shape index (κ2) is 4.97. The molecule has 2 aromatic rings. The van der Waals surface area contributed by atoms with Crippen LogP contribution in [0.4, 0.5) is 0 Å². The summed E-state index contributed by atoms with van der Waals surface area (Å²) in [6.07, 6.45) is 9.32. The van der Waals surface area contributed by atoms with Crippen LogP contribution in [0.3, 0.4) is 0 Å². The number of carbonyl (C=O) groups excluding carboxylic acids is 1. The number of hydrogen-bond acceptors (Lipinski definition) is 1. The third-order valence-corrected chi connectivity index (χ3v) is 7.22. The highest BCUT2D eigenvalue weighted by molar-refractivity contribution is 5.99. The smallest absolute Gasteiger partial charge is 0.152 e. The molecule has 0 aliphatic heterocycles. The molecule has 4 fully saturated rings. The minimum absolute atomic E-state index is 0.252. The Morgan fingerprint density at radius 2 is 1.71 bits per heavy atom. The lowest BCUT2D eigenvalue weighted by Crippen LogP contribution is -2.49. The predicted molar refractivity (Wildman–Crippen MR) is 97.6 cm³/mol. The first-order valence-corrected chi connectivity index (χ1v) is 9.69. The van der Waals surface area contributed by atoms with Crippen molar-refractivity contribution < 1.29 is 4.79 Å². The largest absolute Gasteiger partial charge is 0.357 e. The molecule has 0 radical (unpaired) electrons. The Hall–Kier alpha value is -1.57. The topological polar surface area (TPSA) is 32.9 Å². The van der Waals surface area contributed by atoms with Crippen LogP contribution in [0.5, 0.6) is 0 Å². The molecule has 1 aromatic carbocycles. The molecule has 0 unspecified atom stereocenters. The molecule has 126 valence electrons. The van der Waals surface area contributed by atoms with Gasteiger partial charge in [-0.3, -0.25) is 4.79 Å². The molecule has 2 heteroatoms. The number of nitrogens with one attached hydrogen (secondary N) is 1. The van der Waals surface area contributed by atoms with Crippen LogP contribution in [0.2, 0.25) is 0 Å². The number of aromatic nitrogens is 1. The molecule has 4 aliphatic rings. The molecule has 2 nitrogen and oxygen atoms in total. The monoisotopic (exact) mass is 321 g/mol. The molecule has 4 aliphatic carbocycles. The van der Waals surface area contributed by atoms with Crippen molar-refractivity contribution in [3.8, 4) is 0 Å². The minimum Gasteiger partial charge on any atom is -0.357 e. The number of hydrogen-bond donors (Lipinski definition) is 1. The van der Waals surface area contributed by atoms with Gasteiger partial charge in [-0.05, 0) is 79.9 Å². The molecule has 0 saturated heterocycles. The lowest BCUT2D eigenvalue weighted by atomic mass is 9.48. The van der Waals surface area contributed by atoms with Gasteiger partial charge in [0.15, 0.2) is 6.29 Å². The van der Waals surface area contributed by atoms with Crippen molar-refractivity contribution in [2.24, 2.45) is 17.8 Å². The van der Waals surface area contributed by atoms with Crippen molar-refractivity contribution in [2.45, 2.75) is 63.7 Å².